The molecule has 0 atom stereocenters. The van der Waals surface area contributed by atoms with Crippen LogP contribution in [0.3, 0.4) is 0 Å². The molecule has 4 aromatic rings. The molecular formula is C24H21N3O. The lowest BCUT2D eigenvalue weighted by atomic mass is 10.0. The van der Waals surface area contributed by atoms with Crippen molar-refractivity contribution >= 4 is 16.8 Å². The third-order valence-electron chi connectivity index (χ3n) is 4.70. The summed E-state index contributed by atoms with van der Waals surface area (Å²) in [5.74, 6) is -0.0867. The predicted molar refractivity (Wildman–Crippen MR) is 112 cm³/mol. The monoisotopic (exact) mass is 367 g/mol. The van der Waals surface area contributed by atoms with Crippen molar-refractivity contribution in [1.82, 2.24) is 15.3 Å². The molecule has 0 saturated heterocycles. The summed E-state index contributed by atoms with van der Waals surface area (Å²) in [5.41, 5.74) is 5.51. The number of benzene rings is 2. The molecule has 1 N–H and O–H groups in total. The van der Waals surface area contributed by atoms with Crippen molar-refractivity contribution in [2.75, 3.05) is 6.54 Å². The number of aromatic nitrogens is 2. The van der Waals surface area contributed by atoms with Gasteiger partial charge in [-0.05, 0) is 43.2 Å². The number of fused-ring (bicyclic) bond motifs is 1. The highest BCUT2D eigenvalue weighted by Crippen LogP contribution is 2.24. The molecule has 0 unspecified atom stereocenters. The quantitative estimate of drug-likeness (QED) is 0.562. The van der Waals surface area contributed by atoms with Crippen molar-refractivity contribution in [3.05, 3.63) is 95.8 Å². The van der Waals surface area contributed by atoms with Gasteiger partial charge in [-0.3, -0.25) is 9.78 Å². The van der Waals surface area contributed by atoms with E-state index in [1.807, 2.05) is 48.5 Å². The van der Waals surface area contributed by atoms with Gasteiger partial charge in [0.05, 0.1) is 16.8 Å². The Morgan fingerprint density at radius 3 is 2.71 bits per heavy atom. The predicted octanol–water partition coefficient (Wildman–Crippen LogP) is 4.58. The number of aryl methyl sites for hydroxylation is 1. The number of rotatable bonds is 5. The van der Waals surface area contributed by atoms with E-state index in [1.54, 1.807) is 12.4 Å². The average Bonchev–Trinajstić information content (AvgIpc) is 2.73. The summed E-state index contributed by atoms with van der Waals surface area (Å²) in [6, 6.07) is 21.7. The Labute approximate surface area is 164 Å². The highest BCUT2D eigenvalue weighted by Gasteiger charge is 2.13. The highest BCUT2D eigenvalue weighted by atomic mass is 16.1. The summed E-state index contributed by atoms with van der Waals surface area (Å²) in [4.78, 5) is 21.8. The van der Waals surface area contributed by atoms with Crippen LogP contribution >= 0.6 is 0 Å². The van der Waals surface area contributed by atoms with Gasteiger partial charge >= 0.3 is 0 Å². The molecule has 0 saturated carbocycles. The van der Waals surface area contributed by atoms with E-state index in [0.717, 1.165) is 28.6 Å². The SMILES string of the molecule is Cc1cccc(CCNC(=O)c2cc(-c3cccnc3)nc3ccccc23)c1. The number of para-hydroxylation sites is 1. The molecule has 2 aromatic carbocycles. The molecule has 0 aliphatic heterocycles. The zero-order valence-electron chi connectivity index (χ0n) is 15.7. The van der Waals surface area contributed by atoms with Crippen LogP contribution in [0.2, 0.25) is 0 Å². The normalized spacial score (nSPS) is 10.8. The number of carbonyl (C=O) groups excluding carboxylic acids is 1. The first-order valence-corrected chi connectivity index (χ1v) is 9.34. The van der Waals surface area contributed by atoms with Crippen molar-refractivity contribution in [3.63, 3.8) is 0 Å². The van der Waals surface area contributed by atoms with E-state index in [4.69, 9.17) is 4.98 Å². The molecule has 28 heavy (non-hydrogen) atoms. The lowest BCUT2D eigenvalue weighted by molar-refractivity contribution is 0.0956. The van der Waals surface area contributed by atoms with Gasteiger partial charge in [-0.1, -0.05) is 48.0 Å². The molecule has 0 aliphatic carbocycles. The topological polar surface area (TPSA) is 54.9 Å². The maximum absolute atomic E-state index is 12.9. The molecule has 2 aromatic heterocycles. The van der Waals surface area contributed by atoms with Gasteiger partial charge in [0.2, 0.25) is 0 Å². The second-order valence-electron chi connectivity index (χ2n) is 6.81. The van der Waals surface area contributed by atoms with Crippen molar-refractivity contribution in [1.29, 1.82) is 0 Å². The van der Waals surface area contributed by atoms with Crippen LogP contribution in [0.25, 0.3) is 22.2 Å². The summed E-state index contributed by atoms with van der Waals surface area (Å²) in [6.45, 7) is 2.66. The molecule has 138 valence electrons. The molecule has 0 fully saturated rings. The van der Waals surface area contributed by atoms with Gasteiger partial charge in [0.1, 0.15) is 0 Å². The molecular weight excluding hydrogens is 346 g/mol. The Bertz CT molecular complexity index is 1120. The molecule has 0 radical (unpaired) electrons. The zero-order valence-corrected chi connectivity index (χ0v) is 15.7. The summed E-state index contributed by atoms with van der Waals surface area (Å²) < 4.78 is 0. The Morgan fingerprint density at radius 1 is 1.00 bits per heavy atom. The van der Waals surface area contributed by atoms with Gasteiger partial charge in [-0.2, -0.15) is 0 Å². The molecule has 4 rings (SSSR count). The third kappa shape index (κ3) is 3.91. The van der Waals surface area contributed by atoms with Crippen molar-refractivity contribution < 1.29 is 4.79 Å². The molecule has 0 aliphatic rings. The van der Waals surface area contributed by atoms with Crippen LogP contribution in [-0.2, 0) is 6.42 Å². The summed E-state index contributed by atoms with van der Waals surface area (Å²) in [5, 5.41) is 3.91. The highest BCUT2D eigenvalue weighted by molar-refractivity contribution is 6.07. The second-order valence-corrected chi connectivity index (χ2v) is 6.81. The molecule has 0 bridgehead atoms. The van der Waals surface area contributed by atoms with Gasteiger partial charge in [-0.15, -0.1) is 0 Å². The summed E-state index contributed by atoms with van der Waals surface area (Å²) in [7, 11) is 0. The van der Waals surface area contributed by atoms with E-state index < -0.39 is 0 Å². The van der Waals surface area contributed by atoms with Gasteiger partial charge in [-0.25, -0.2) is 4.98 Å². The lowest BCUT2D eigenvalue weighted by Gasteiger charge is -2.11. The Kier molecular flexibility index (Phi) is 5.11. The third-order valence-corrected chi connectivity index (χ3v) is 4.70. The Morgan fingerprint density at radius 2 is 1.89 bits per heavy atom. The largest absolute Gasteiger partial charge is 0.352 e. The number of amides is 1. The van der Waals surface area contributed by atoms with Crippen LogP contribution in [0.15, 0.2) is 79.1 Å². The standard InChI is InChI=1S/C24H21N3O/c1-17-6-4-7-18(14-17)11-13-26-24(28)21-15-23(19-8-5-12-25-16-19)27-22-10-3-2-9-20(21)22/h2-10,12,14-16H,11,13H2,1H3,(H,26,28). The minimum Gasteiger partial charge on any atom is -0.352 e. The number of carbonyl (C=O) groups is 1. The minimum atomic E-state index is -0.0867. The van der Waals surface area contributed by atoms with Gasteiger partial charge < -0.3 is 5.32 Å². The first-order valence-electron chi connectivity index (χ1n) is 9.34. The zero-order chi connectivity index (χ0) is 19.3. The van der Waals surface area contributed by atoms with Crippen LogP contribution in [0, 0.1) is 6.92 Å². The van der Waals surface area contributed by atoms with Gasteiger partial charge in [0, 0.05) is 29.9 Å². The van der Waals surface area contributed by atoms with E-state index in [-0.39, 0.29) is 5.91 Å². The van der Waals surface area contributed by atoms with E-state index in [9.17, 15) is 4.79 Å². The first-order chi connectivity index (χ1) is 13.7. The van der Waals surface area contributed by atoms with Crippen molar-refractivity contribution in [2.45, 2.75) is 13.3 Å². The van der Waals surface area contributed by atoms with E-state index in [2.05, 4.69) is 35.4 Å². The van der Waals surface area contributed by atoms with Crippen LogP contribution in [-0.4, -0.2) is 22.4 Å². The molecule has 0 spiro atoms. The second kappa shape index (κ2) is 8.01. The molecule has 4 heteroatoms. The van der Waals surface area contributed by atoms with E-state index in [1.165, 1.54) is 11.1 Å². The number of nitrogens with one attached hydrogen (secondary N) is 1. The van der Waals surface area contributed by atoms with E-state index >= 15 is 0 Å². The molecule has 1 amide bonds. The van der Waals surface area contributed by atoms with Crippen LogP contribution in [0.5, 0.6) is 0 Å². The van der Waals surface area contributed by atoms with Crippen LogP contribution < -0.4 is 5.32 Å². The number of hydrogen-bond acceptors (Lipinski definition) is 3. The van der Waals surface area contributed by atoms with Crippen LogP contribution in [0.1, 0.15) is 21.5 Å². The summed E-state index contributed by atoms with van der Waals surface area (Å²) in [6.07, 6.45) is 4.28. The first kappa shape index (κ1) is 17.9. The number of nitrogens with zero attached hydrogens (tertiary/aromatic N) is 2. The van der Waals surface area contributed by atoms with E-state index in [0.29, 0.717) is 12.1 Å². The fraction of sp³-hybridized carbons (Fsp3) is 0.125. The molecule has 2 heterocycles. The van der Waals surface area contributed by atoms with Gasteiger partial charge in [0.15, 0.2) is 0 Å². The smallest absolute Gasteiger partial charge is 0.252 e. The Hall–Kier alpha value is -3.53. The Balaban J connectivity index is 1.60. The van der Waals surface area contributed by atoms with Crippen molar-refractivity contribution in [3.8, 4) is 11.3 Å². The van der Waals surface area contributed by atoms with Gasteiger partial charge in [0.25, 0.3) is 5.91 Å². The fourth-order valence-corrected chi connectivity index (χ4v) is 3.31. The van der Waals surface area contributed by atoms with Crippen molar-refractivity contribution in [2.24, 2.45) is 0 Å². The minimum absolute atomic E-state index is 0.0867. The number of hydrogen-bond donors (Lipinski definition) is 1. The maximum atomic E-state index is 12.9. The lowest BCUT2D eigenvalue weighted by Crippen LogP contribution is -2.26. The fourth-order valence-electron chi connectivity index (χ4n) is 3.31. The summed E-state index contributed by atoms with van der Waals surface area (Å²) >= 11 is 0. The maximum Gasteiger partial charge on any atom is 0.252 e. The van der Waals surface area contributed by atoms with Crippen LogP contribution in [0.4, 0.5) is 0 Å². The number of pyridine rings is 2. The molecule has 4 nitrogen and oxygen atoms in total. The average molecular weight is 367 g/mol.